The van der Waals surface area contributed by atoms with Gasteiger partial charge in [0.25, 0.3) is 0 Å². The molecule has 0 saturated carbocycles. The molecule has 24 heteroatoms. The van der Waals surface area contributed by atoms with Gasteiger partial charge in [0.1, 0.15) is 59.9 Å². The predicted molar refractivity (Wildman–Crippen MR) is 467 cm³/mol. The molecule has 11 aliphatic heterocycles. The molecule has 8 fully saturated rings. The van der Waals surface area contributed by atoms with E-state index in [1.807, 2.05) is 116 Å². The first-order valence-corrected chi connectivity index (χ1v) is 46.2. The van der Waals surface area contributed by atoms with Crippen LogP contribution in [0.15, 0.2) is 224 Å². The van der Waals surface area contributed by atoms with E-state index in [1.54, 1.807) is 0 Å². The molecule has 0 radical (unpaired) electrons. The summed E-state index contributed by atoms with van der Waals surface area (Å²) in [6.07, 6.45) is 9.37. The van der Waals surface area contributed by atoms with Crippen LogP contribution in [0, 0.1) is 52.8 Å². The highest BCUT2D eigenvalue weighted by Gasteiger charge is 2.63. The molecule has 8 aromatic carbocycles. The molecule has 0 aliphatic carbocycles. The average molecular weight is 1760 g/mol. The van der Waals surface area contributed by atoms with Crippen molar-refractivity contribution in [3.63, 3.8) is 0 Å². The number of hydrogen-bond acceptors (Lipinski definition) is 19. The summed E-state index contributed by atoms with van der Waals surface area (Å²) in [5.74, 6) is -16.1. The van der Waals surface area contributed by atoms with Crippen LogP contribution in [0.1, 0.15) is 122 Å². The Morgan fingerprint density at radius 2 is 1.12 bits per heavy atom. The summed E-state index contributed by atoms with van der Waals surface area (Å²) in [6, 6.07) is 53.5. The molecule has 672 valence electrons. The van der Waals surface area contributed by atoms with Crippen LogP contribution in [-0.2, 0) is 100 Å². The fourth-order valence-corrected chi connectivity index (χ4v) is 22.5. The molecule has 1 unspecified atom stereocenters. The number of halogens is 5. The lowest BCUT2D eigenvalue weighted by Gasteiger charge is -2.54. The molecule has 0 N–H and O–H groups in total. The fourth-order valence-electron chi connectivity index (χ4n) is 21.4. The number of carbonyl (C=O) groups excluding carboxylic acids is 1. The van der Waals surface area contributed by atoms with Gasteiger partial charge in [0.2, 0.25) is 34.8 Å². The zero-order valence-electron chi connectivity index (χ0n) is 72.0. The molecular weight excluding hydrogens is 1650 g/mol. The van der Waals surface area contributed by atoms with Gasteiger partial charge in [-0.15, -0.1) is 6.58 Å². The second-order valence-corrected chi connectivity index (χ2v) is 37.7. The Balaban J connectivity index is 0.627. The van der Waals surface area contributed by atoms with E-state index in [2.05, 4.69) is 125 Å². The Bertz CT molecular complexity index is 5310. The van der Waals surface area contributed by atoms with Crippen molar-refractivity contribution in [3.05, 3.63) is 265 Å². The van der Waals surface area contributed by atoms with Crippen LogP contribution in [-0.4, -0.2) is 170 Å². The third-order valence-electron chi connectivity index (χ3n) is 28.2. The first-order valence-electron chi connectivity index (χ1n) is 45.3. The van der Waals surface area contributed by atoms with Gasteiger partial charge in [-0.3, -0.25) is 0 Å². The van der Waals surface area contributed by atoms with E-state index < -0.39 is 174 Å². The number of benzene rings is 8. The standard InChI is InChI=1S/C103H111F5O18S/c1-7-21-72-74(32-19-31-73-75(116-72)39-40-76-79(117-73)51-84-98(121-76)100(97-77(118-84)30-17-18-43-111-97)114-57-64-35-38-67-24-13-16-27-70(67)50-64)120-88(127-71-28-9-8-10-29-71)54-86(112-55-62-33-36-65-22-11-14-25-68(65)48-62)102(6)85(110-45-41-87(109)124-99-92(107)90(105)89(104)91(106)93(99)108)53-81-82(125-102)47-58(2)46-78-80(119-81)52-83-94(122-78)60(4)95(113-56-63-34-37-66-23-12-15-26-69(66)49-63)101-96(123-83)59(3)61(5)103(126-101)42-20-44-115-103/h7-19,22-29,32-41,45,48-50,58-61,72-86,88,94-98,100-101H,1,20-21,30-31,42-44,46-47,51-57H2,2-6H3/b32-19-,45-41+/t58-,59+,60-,61+,72-,73-,74+,75+,76-,77+,78+,79+,80-,81+,82-,83+,84-,85-,86-,88?,94-,95+,96-,97+,98-,100-,101+,102-,103-/m1/s1. The van der Waals surface area contributed by atoms with Crippen LogP contribution >= 0.6 is 11.8 Å². The number of carbonyl (C=O) groups is 1. The molecule has 0 aromatic heterocycles. The highest BCUT2D eigenvalue weighted by Crippen LogP contribution is 2.53. The smallest absolute Gasteiger partial charge is 0.339 e. The lowest BCUT2D eigenvalue weighted by atomic mass is 9.76. The zero-order chi connectivity index (χ0) is 87.2. The van der Waals surface area contributed by atoms with Crippen molar-refractivity contribution >= 4 is 50.0 Å². The Kier molecular flexibility index (Phi) is 26.7. The first-order chi connectivity index (χ1) is 61.8. The second kappa shape index (κ2) is 38.4. The van der Waals surface area contributed by atoms with E-state index in [-0.39, 0.29) is 61.4 Å². The Morgan fingerprint density at radius 1 is 0.535 bits per heavy atom. The maximum atomic E-state index is 15.3. The zero-order valence-corrected chi connectivity index (χ0v) is 72.8. The molecular formula is C103H111F5O18S. The van der Waals surface area contributed by atoms with Crippen molar-refractivity contribution < 1.29 is 107 Å². The number of fused-ring (bicyclic) bond motifs is 11. The third-order valence-corrected chi connectivity index (χ3v) is 29.3. The second-order valence-electron chi connectivity index (χ2n) is 36.5. The summed E-state index contributed by atoms with van der Waals surface area (Å²) >= 11 is 1.49. The monoisotopic (exact) mass is 1760 g/mol. The highest BCUT2D eigenvalue weighted by atomic mass is 32.2. The van der Waals surface area contributed by atoms with Crippen LogP contribution in [0.5, 0.6) is 5.75 Å². The fraction of sp³-hybridized carbons (Fsp3) is 0.485. The van der Waals surface area contributed by atoms with Crippen molar-refractivity contribution in [1.82, 2.24) is 0 Å². The Hall–Kier alpha value is -8.09. The van der Waals surface area contributed by atoms with E-state index >= 15 is 8.78 Å². The summed E-state index contributed by atoms with van der Waals surface area (Å²) in [5.41, 5.74) is 0.635. The van der Waals surface area contributed by atoms with Crippen molar-refractivity contribution in [2.45, 2.75) is 281 Å². The minimum Gasteiger partial charge on any atom is -0.495 e. The van der Waals surface area contributed by atoms with Crippen LogP contribution < -0.4 is 4.74 Å². The van der Waals surface area contributed by atoms with E-state index in [4.69, 9.17) is 80.5 Å². The summed E-state index contributed by atoms with van der Waals surface area (Å²) in [5, 5.41) is 6.57. The molecule has 18 nitrogen and oxygen atoms in total. The van der Waals surface area contributed by atoms with Gasteiger partial charge in [0.05, 0.1) is 131 Å². The summed E-state index contributed by atoms with van der Waals surface area (Å²) in [6.45, 7) is 16.7. The van der Waals surface area contributed by atoms with Crippen LogP contribution in [0.25, 0.3) is 32.3 Å². The van der Waals surface area contributed by atoms with E-state index in [9.17, 15) is 18.0 Å². The molecule has 8 aromatic rings. The largest absolute Gasteiger partial charge is 0.495 e. The van der Waals surface area contributed by atoms with Gasteiger partial charge in [0.15, 0.2) is 5.79 Å². The van der Waals surface area contributed by atoms with Gasteiger partial charge >= 0.3 is 5.97 Å². The highest BCUT2D eigenvalue weighted by molar-refractivity contribution is 7.99. The van der Waals surface area contributed by atoms with Crippen LogP contribution in [0.3, 0.4) is 0 Å². The van der Waals surface area contributed by atoms with E-state index in [1.165, 1.54) is 11.8 Å². The molecule has 127 heavy (non-hydrogen) atoms. The molecule has 0 amide bonds. The maximum absolute atomic E-state index is 15.3. The number of esters is 1. The maximum Gasteiger partial charge on any atom is 0.339 e. The van der Waals surface area contributed by atoms with Crippen molar-refractivity contribution in [2.24, 2.45) is 23.7 Å². The summed E-state index contributed by atoms with van der Waals surface area (Å²) < 4.78 is 195. The molecule has 8 saturated heterocycles. The Labute approximate surface area is 741 Å². The molecule has 0 bridgehead atoms. The van der Waals surface area contributed by atoms with Gasteiger partial charge in [0, 0.05) is 48.8 Å². The van der Waals surface area contributed by atoms with Crippen LogP contribution in [0.2, 0.25) is 0 Å². The quantitative estimate of drug-likeness (QED) is 0.00598. The van der Waals surface area contributed by atoms with Crippen molar-refractivity contribution in [3.8, 4) is 5.75 Å². The Morgan fingerprint density at radius 3 is 1.80 bits per heavy atom. The summed E-state index contributed by atoms with van der Waals surface area (Å²) in [4.78, 5) is 14.7. The van der Waals surface area contributed by atoms with Crippen molar-refractivity contribution in [2.75, 3.05) is 13.2 Å². The third kappa shape index (κ3) is 18.6. The number of thioether (sulfide) groups is 1. The molecule has 19 rings (SSSR count). The minimum absolute atomic E-state index is 0.0282. The topological polar surface area (TPSA) is 174 Å². The molecule has 11 aliphatic rings. The first kappa shape index (κ1) is 88.2. The van der Waals surface area contributed by atoms with Crippen LogP contribution in [0.4, 0.5) is 22.0 Å². The summed E-state index contributed by atoms with van der Waals surface area (Å²) in [7, 11) is 0. The molecule has 29 atom stereocenters. The number of hydrogen-bond donors (Lipinski definition) is 0. The SMILES string of the molecule is C=CC[C@H]1O[C@H]2C=C[C@H]3O[C@H]4[C@H](OCc5ccc6ccccc6c5)[C@H]5OCC=CC[C@@H]5O[C@@H]4C[C@@H]3O[C@@H]2C/C=C\[C@@H]1OC(C[C@@H](OCc1ccc2ccccc2c1)[C@]1(C)O[C@@H]2C[C@H](C)C[C@@H]3O[C@@H]4[C@@H](C)[C@H](OCc5ccc6ccccc6c5)[C@@H]5O[C@]6(CCCO6)[C@@H](C)[C@H](C)[C@H]5O[C@H]4C[C@H]3O[C@H]2C[C@H]1O/C=C/C(=O)Oc1c(F)c(F)c(F)c(F)c1F)Sc1ccccc1. The van der Waals surface area contributed by atoms with E-state index in [0.29, 0.717) is 77.4 Å². The predicted octanol–water partition coefficient (Wildman–Crippen LogP) is 19.6. The molecule has 11 heterocycles. The molecule has 1 spiro atoms. The van der Waals surface area contributed by atoms with E-state index in [0.717, 1.165) is 73.0 Å². The lowest BCUT2D eigenvalue weighted by molar-refractivity contribution is -0.342. The van der Waals surface area contributed by atoms with Gasteiger partial charge in [-0.2, -0.15) is 8.78 Å². The van der Waals surface area contributed by atoms with Gasteiger partial charge in [-0.25, -0.2) is 18.0 Å². The van der Waals surface area contributed by atoms with Gasteiger partial charge < -0.3 is 80.5 Å². The number of rotatable bonds is 22. The lowest BCUT2D eigenvalue weighted by Crippen LogP contribution is -2.64. The van der Waals surface area contributed by atoms with Gasteiger partial charge in [-0.1, -0.05) is 209 Å². The normalized spacial score (nSPS) is 36.0. The minimum atomic E-state index is -2.41. The number of ether oxygens (including phenoxy) is 17. The average Bonchev–Trinajstić information content (AvgIpc) is 1.64. The van der Waals surface area contributed by atoms with Gasteiger partial charge in [-0.05, 0) is 137 Å². The van der Waals surface area contributed by atoms with Crippen molar-refractivity contribution in [1.29, 1.82) is 0 Å².